The number of carbonyl (C=O) groups is 1. The molecule has 15 heavy (non-hydrogen) atoms. The minimum atomic E-state index is -0.398. The Bertz CT molecular complexity index is 416. The Labute approximate surface area is 88.6 Å². The van der Waals surface area contributed by atoms with E-state index in [1.54, 1.807) is 31.2 Å². The first-order valence-electron chi connectivity index (χ1n) is 4.62. The number of hydrogen-bond acceptors (Lipinski definition) is 3. The molecule has 0 heterocycles. The summed E-state index contributed by atoms with van der Waals surface area (Å²) < 4.78 is 4.73. The Morgan fingerprint density at radius 3 is 2.93 bits per heavy atom. The third kappa shape index (κ3) is 3.28. The molecular formula is C12H11NO2. The van der Waals surface area contributed by atoms with E-state index in [1.807, 2.05) is 12.1 Å². The molecule has 0 amide bonds. The second kappa shape index (κ2) is 5.61. The van der Waals surface area contributed by atoms with Crippen molar-refractivity contribution in [2.45, 2.75) is 6.92 Å². The van der Waals surface area contributed by atoms with Crippen LogP contribution in [0.2, 0.25) is 0 Å². The highest BCUT2D eigenvalue weighted by Gasteiger charge is 1.98. The van der Waals surface area contributed by atoms with Gasteiger partial charge < -0.3 is 4.74 Å². The lowest BCUT2D eigenvalue weighted by Crippen LogP contribution is -1.98. The van der Waals surface area contributed by atoms with Crippen molar-refractivity contribution in [2.75, 3.05) is 6.61 Å². The number of nitriles is 1. The highest BCUT2D eigenvalue weighted by Crippen LogP contribution is 2.09. The van der Waals surface area contributed by atoms with E-state index in [1.165, 1.54) is 6.08 Å². The van der Waals surface area contributed by atoms with Crippen LogP contribution in [0.4, 0.5) is 0 Å². The Morgan fingerprint density at radius 2 is 2.27 bits per heavy atom. The fourth-order valence-electron chi connectivity index (χ4n) is 1.09. The third-order valence-corrected chi connectivity index (χ3v) is 1.77. The zero-order valence-electron chi connectivity index (χ0n) is 8.43. The quantitative estimate of drug-likeness (QED) is 0.556. The van der Waals surface area contributed by atoms with Crippen molar-refractivity contribution in [3.8, 4) is 6.07 Å². The van der Waals surface area contributed by atoms with Gasteiger partial charge in [-0.2, -0.15) is 5.26 Å². The number of ether oxygens (including phenoxy) is 1. The Balaban J connectivity index is 2.81. The van der Waals surface area contributed by atoms with Crippen LogP contribution in [0.1, 0.15) is 18.1 Å². The lowest BCUT2D eigenvalue weighted by Gasteiger charge is -1.97. The van der Waals surface area contributed by atoms with Gasteiger partial charge in [-0.3, -0.25) is 0 Å². The molecule has 0 spiro atoms. The zero-order chi connectivity index (χ0) is 11.1. The zero-order valence-corrected chi connectivity index (χ0v) is 8.43. The molecule has 0 unspecified atom stereocenters. The summed E-state index contributed by atoms with van der Waals surface area (Å²) in [6.07, 6.45) is 2.90. The van der Waals surface area contributed by atoms with Crippen LogP contribution in [0.5, 0.6) is 0 Å². The fraction of sp³-hybridized carbons (Fsp3) is 0.167. The first kappa shape index (κ1) is 11.0. The largest absolute Gasteiger partial charge is 0.463 e. The summed E-state index contributed by atoms with van der Waals surface area (Å²) in [5.74, 6) is -0.398. The molecule has 0 aliphatic rings. The molecule has 0 fully saturated rings. The molecule has 0 aromatic heterocycles. The van der Waals surface area contributed by atoms with Crippen molar-refractivity contribution in [2.24, 2.45) is 0 Å². The molecule has 0 bridgehead atoms. The molecule has 0 saturated carbocycles. The lowest BCUT2D eigenvalue weighted by molar-refractivity contribution is -0.137. The second-order valence-corrected chi connectivity index (χ2v) is 2.78. The molecule has 3 heteroatoms. The van der Waals surface area contributed by atoms with Gasteiger partial charge in [-0.1, -0.05) is 18.2 Å². The van der Waals surface area contributed by atoms with Crippen molar-refractivity contribution in [1.29, 1.82) is 5.26 Å². The maximum absolute atomic E-state index is 11.0. The first-order chi connectivity index (χ1) is 7.27. The average molecular weight is 201 g/mol. The van der Waals surface area contributed by atoms with E-state index in [0.717, 1.165) is 0 Å². The van der Waals surface area contributed by atoms with Crippen molar-refractivity contribution < 1.29 is 9.53 Å². The smallest absolute Gasteiger partial charge is 0.330 e. The summed E-state index contributed by atoms with van der Waals surface area (Å²) in [5.41, 5.74) is 1.26. The molecule has 0 aliphatic heterocycles. The van der Waals surface area contributed by atoms with E-state index >= 15 is 0 Å². The van der Waals surface area contributed by atoms with Crippen molar-refractivity contribution in [3.05, 3.63) is 41.5 Å². The lowest BCUT2D eigenvalue weighted by atomic mass is 10.1. The molecule has 0 aliphatic carbocycles. The highest BCUT2D eigenvalue weighted by molar-refractivity contribution is 5.87. The van der Waals surface area contributed by atoms with Gasteiger partial charge >= 0.3 is 5.97 Å². The standard InChI is InChI=1S/C12H11NO2/c1-2-15-12(14)8-7-10-5-3-4-6-11(10)9-13/h3-8H,2H2,1H3/b8-7+. The second-order valence-electron chi connectivity index (χ2n) is 2.78. The predicted molar refractivity (Wildman–Crippen MR) is 56.8 cm³/mol. The van der Waals surface area contributed by atoms with Gasteiger partial charge in [0.05, 0.1) is 18.2 Å². The monoisotopic (exact) mass is 201 g/mol. The number of benzene rings is 1. The van der Waals surface area contributed by atoms with Crippen molar-refractivity contribution >= 4 is 12.0 Å². The Morgan fingerprint density at radius 1 is 1.53 bits per heavy atom. The van der Waals surface area contributed by atoms with E-state index in [2.05, 4.69) is 0 Å². The summed E-state index contributed by atoms with van der Waals surface area (Å²) in [7, 11) is 0. The molecule has 76 valence electrons. The van der Waals surface area contributed by atoms with Crippen LogP contribution < -0.4 is 0 Å². The van der Waals surface area contributed by atoms with Gasteiger partial charge in [-0.15, -0.1) is 0 Å². The molecule has 0 radical (unpaired) electrons. The van der Waals surface area contributed by atoms with Crippen LogP contribution in [0.15, 0.2) is 30.3 Å². The molecule has 1 aromatic carbocycles. The SMILES string of the molecule is CCOC(=O)/C=C/c1ccccc1C#N. The van der Waals surface area contributed by atoms with Gasteiger partial charge in [-0.05, 0) is 24.6 Å². The summed E-state index contributed by atoms with van der Waals surface area (Å²) >= 11 is 0. The van der Waals surface area contributed by atoms with Gasteiger partial charge in [0.1, 0.15) is 0 Å². The van der Waals surface area contributed by atoms with E-state index < -0.39 is 5.97 Å². The number of carbonyl (C=O) groups excluding carboxylic acids is 1. The van der Waals surface area contributed by atoms with E-state index in [-0.39, 0.29) is 0 Å². The molecular weight excluding hydrogens is 190 g/mol. The molecule has 0 atom stereocenters. The normalized spacial score (nSPS) is 9.87. The number of nitrogens with zero attached hydrogens (tertiary/aromatic N) is 1. The van der Waals surface area contributed by atoms with E-state index in [9.17, 15) is 4.79 Å². The average Bonchev–Trinajstić information content (AvgIpc) is 2.27. The maximum Gasteiger partial charge on any atom is 0.330 e. The van der Waals surface area contributed by atoms with Crippen molar-refractivity contribution in [1.82, 2.24) is 0 Å². The minimum Gasteiger partial charge on any atom is -0.463 e. The predicted octanol–water partition coefficient (Wildman–Crippen LogP) is 2.13. The molecule has 0 N–H and O–H groups in total. The van der Waals surface area contributed by atoms with E-state index in [4.69, 9.17) is 10.00 Å². The fourth-order valence-corrected chi connectivity index (χ4v) is 1.09. The summed E-state index contributed by atoms with van der Waals surface area (Å²) in [4.78, 5) is 11.0. The van der Waals surface area contributed by atoms with Crippen LogP contribution in [-0.2, 0) is 9.53 Å². The Hall–Kier alpha value is -2.08. The Kier molecular flexibility index (Phi) is 4.11. The number of hydrogen-bond donors (Lipinski definition) is 0. The van der Waals surface area contributed by atoms with Crippen LogP contribution in [0.25, 0.3) is 6.08 Å². The molecule has 1 rings (SSSR count). The van der Waals surface area contributed by atoms with Gasteiger partial charge in [-0.25, -0.2) is 4.79 Å². The first-order valence-corrected chi connectivity index (χ1v) is 4.62. The molecule has 0 saturated heterocycles. The third-order valence-electron chi connectivity index (χ3n) is 1.77. The maximum atomic E-state index is 11.0. The summed E-state index contributed by atoms with van der Waals surface area (Å²) in [6.45, 7) is 2.10. The van der Waals surface area contributed by atoms with Crippen LogP contribution in [-0.4, -0.2) is 12.6 Å². The summed E-state index contributed by atoms with van der Waals surface area (Å²) in [5, 5.41) is 8.79. The van der Waals surface area contributed by atoms with Crippen LogP contribution in [0, 0.1) is 11.3 Å². The summed E-state index contributed by atoms with van der Waals surface area (Å²) in [6, 6.07) is 9.11. The van der Waals surface area contributed by atoms with E-state index in [0.29, 0.717) is 17.7 Å². The number of esters is 1. The van der Waals surface area contributed by atoms with Gasteiger partial charge in [0.25, 0.3) is 0 Å². The number of rotatable bonds is 3. The highest BCUT2D eigenvalue weighted by atomic mass is 16.5. The van der Waals surface area contributed by atoms with Gasteiger partial charge in [0, 0.05) is 6.08 Å². The van der Waals surface area contributed by atoms with Gasteiger partial charge in [0.15, 0.2) is 0 Å². The minimum absolute atomic E-state index is 0.350. The van der Waals surface area contributed by atoms with Crippen molar-refractivity contribution in [3.63, 3.8) is 0 Å². The van der Waals surface area contributed by atoms with Crippen LogP contribution >= 0.6 is 0 Å². The molecule has 1 aromatic rings. The molecule has 3 nitrogen and oxygen atoms in total. The van der Waals surface area contributed by atoms with Crippen LogP contribution in [0.3, 0.4) is 0 Å². The van der Waals surface area contributed by atoms with Gasteiger partial charge in [0.2, 0.25) is 0 Å². The topological polar surface area (TPSA) is 50.1 Å².